The molecule has 40 heavy (non-hydrogen) atoms. The first kappa shape index (κ1) is 33.0. The van der Waals surface area contributed by atoms with E-state index in [2.05, 4.69) is 10.6 Å². The molecular formula is C32H47N3O5. The number of nitrogens with one attached hydrogen (secondary N) is 2. The highest BCUT2D eigenvalue weighted by molar-refractivity contribution is 6.00. The van der Waals surface area contributed by atoms with Crippen molar-refractivity contribution in [1.82, 2.24) is 15.5 Å². The van der Waals surface area contributed by atoms with Crippen molar-refractivity contribution in [3.05, 3.63) is 70.8 Å². The summed E-state index contributed by atoms with van der Waals surface area (Å²) < 4.78 is 0. The number of nitrogens with zero attached hydrogens (tertiary/aromatic N) is 1. The van der Waals surface area contributed by atoms with Crippen molar-refractivity contribution in [2.45, 2.75) is 79.1 Å². The maximum absolute atomic E-state index is 13.5. The molecule has 8 nitrogen and oxygen atoms in total. The van der Waals surface area contributed by atoms with E-state index in [-0.39, 0.29) is 24.2 Å². The molecule has 2 rings (SSSR count). The maximum atomic E-state index is 13.5. The molecule has 0 heterocycles. The van der Waals surface area contributed by atoms with Crippen molar-refractivity contribution >= 4 is 17.7 Å². The third kappa shape index (κ3) is 9.75. The van der Waals surface area contributed by atoms with Gasteiger partial charge in [-0.15, -0.1) is 0 Å². The number of carbonyl (C=O) groups excluding carboxylic acids is 3. The first-order valence-electron chi connectivity index (χ1n) is 14.4. The lowest BCUT2D eigenvalue weighted by Crippen LogP contribution is -2.53. The Morgan fingerprint density at radius 1 is 0.875 bits per heavy atom. The standard InChI is InChI=1S/C32H47N3O5/c1-7-14-35(15-8-2)32(40)26-17-22(5)16-25(19-26)31(39)34-27(18-24-12-10-9-11-13-24)29(37)28(36)23(6)30(38)33-20-21(3)4/h9-13,16-17,19,21,23,27-29,36-37H,7-8,14-15,18,20H2,1-6H3,(H,33,38)(H,34,39)/t23-,27+,28-,29-/m1/s1. The van der Waals surface area contributed by atoms with Crippen molar-refractivity contribution in [2.75, 3.05) is 19.6 Å². The molecule has 3 amide bonds. The highest BCUT2D eigenvalue weighted by atomic mass is 16.3. The number of benzene rings is 2. The van der Waals surface area contributed by atoms with Gasteiger partial charge in [0, 0.05) is 30.8 Å². The quantitative estimate of drug-likeness (QED) is 0.268. The van der Waals surface area contributed by atoms with Gasteiger partial charge < -0.3 is 25.7 Å². The molecule has 0 aliphatic heterocycles. The number of rotatable bonds is 15. The molecule has 8 heteroatoms. The number of aryl methyl sites for hydroxylation is 1. The second-order valence-corrected chi connectivity index (χ2v) is 11.1. The first-order valence-corrected chi connectivity index (χ1v) is 14.4. The van der Waals surface area contributed by atoms with Gasteiger partial charge in [-0.1, -0.05) is 65.0 Å². The number of hydrogen-bond acceptors (Lipinski definition) is 5. The monoisotopic (exact) mass is 553 g/mol. The summed E-state index contributed by atoms with van der Waals surface area (Å²) >= 11 is 0. The molecule has 0 fully saturated rings. The SMILES string of the molecule is CCCN(CCC)C(=O)c1cc(C)cc(C(=O)N[C@@H](Cc2ccccc2)[C@@H](O)[C@H](O)[C@@H](C)C(=O)NCC(C)C)c1. The number of carbonyl (C=O) groups is 3. The van der Waals surface area contributed by atoms with Gasteiger partial charge >= 0.3 is 0 Å². The fourth-order valence-corrected chi connectivity index (χ4v) is 4.61. The molecule has 0 saturated heterocycles. The minimum Gasteiger partial charge on any atom is -0.390 e. The van der Waals surface area contributed by atoms with Gasteiger partial charge in [0.25, 0.3) is 11.8 Å². The predicted molar refractivity (Wildman–Crippen MR) is 158 cm³/mol. The summed E-state index contributed by atoms with van der Waals surface area (Å²) in [5, 5.41) is 27.8. The van der Waals surface area contributed by atoms with E-state index in [4.69, 9.17) is 0 Å². The molecule has 0 saturated carbocycles. The molecule has 2 aromatic carbocycles. The molecule has 0 aliphatic carbocycles. The van der Waals surface area contributed by atoms with E-state index in [1.807, 2.05) is 65.0 Å². The van der Waals surface area contributed by atoms with Gasteiger partial charge in [-0.05, 0) is 61.4 Å². The Morgan fingerprint density at radius 2 is 1.48 bits per heavy atom. The van der Waals surface area contributed by atoms with E-state index >= 15 is 0 Å². The van der Waals surface area contributed by atoms with Crippen LogP contribution in [0.25, 0.3) is 0 Å². The van der Waals surface area contributed by atoms with Crippen LogP contribution < -0.4 is 10.6 Å². The number of hydrogen-bond donors (Lipinski definition) is 4. The number of aliphatic hydroxyl groups is 2. The van der Waals surface area contributed by atoms with Gasteiger partial charge in [-0.3, -0.25) is 14.4 Å². The lowest BCUT2D eigenvalue weighted by Gasteiger charge is -2.31. The lowest BCUT2D eigenvalue weighted by molar-refractivity contribution is -0.131. The van der Waals surface area contributed by atoms with Crippen LogP contribution in [0.1, 0.15) is 79.3 Å². The largest absolute Gasteiger partial charge is 0.390 e. The van der Waals surface area contributed by atoms with Gasteiger partial charge in [-0.25, -0.2) is 0 Å². The van der Waals surface area contributed by atoms with Crippen LogP contribution in [0, 0.1) is 18.8 Å². The fourth-order valence-electron chi connectivity index (χ4n) is 4.61. The van der Waals surface area contributed by atoms with E-state index < -0.39 is 30.1 Å². The normalized spacial score (nSPS) is 14.2. The van der Waals surface area contributed by atoms with Crippen molar-refractivity contribution < 1.29 is 24.6 Å². The minimum atomic E-state index is -1.42. The van der Waals surface area contributed by atoms with Crippen LogP contribution in [-0.2, 0) is 11.2 Å². The Bertz CT molecular complexity index is 1100. The van der Waals surface area contributed by atoms with Gasteiger partial charge in [0.2, 0.25) is 5.91 Å². The van der Waals surface area contributed by atoms with E-state index in [9.17, 15) is 24.6 Å². The highest BCUT2D eigenvalue weighted by Gasteiger charge is 2.34. The highest BCUT2D eigenvalue weighted by Crippen LogP contribution is 2.18. The molecule has 0 unspecified atom stereocenters. The molecule has 0 aliphatic rings. The Kier molecular flexibility index (Phi) is 13.3. The Balaban J connectivity index is 2.31. The van der Waals surface area contributed by atoms with Gasteiger partial charge in [0.15, 0.2) is 0 Å². The van der Waals surface area contributed by atoms with Crippen LogP contribution in [-0.4, -0.2) is 70.7 Å². The van der Waals surface area contributed by atoms with Crippen molar-refractivity contribution in [3.8, 4) is 0 Å². The van der Waals surface area contributed by atoms with Gasteiger partial charge in [-0.2, -0.15) is 0 Å². The second kappa shape index (κ2) is 16.1. The zero-order chi connectivity index (χ0) is 29.8. The summed E-state index contributed by atoms with van der Waals surface area (Å²) in [7, 11) is 0. The molecule has 4 N–H and O–H groups in total. The van der Waals surface area contributed by atoms with Crippen LogP contribution in [0.5, 0.6) is 0 Å². The van der Waals surface area contributed by atoms with Crippen molar-refractivity contribution in [3.63, 3.8) is 0 Å². The Morgan fingerprint density at radius 3 is 2.05 bits per heavy atom. The number of aliphatic hydroxyl groups excluding tert-OH is 2. The van der Waals surface area contributed by atoms with E-state index in [0.717, 1.165) is 24.0 Å². The average Bonchev–Trinajstić information content (AvgIpc) is 2.93. The topological polar surface area (TPSA) is 119 Å². The molecule has 0 bridgehead atoms. The average molecular weight is 554 g/mol. The van der Waals surface area contributed by atoms with Crippen LogP contribution in [0.3, 0.4) is 0 Å². The van der Waals surface area contributed by atoms with E-state index in [0.29, 0.717) is 30.8 Å². The lowest BCUT2D eigenvalue weighted by atomic mass is 9.90. The van der Waals surface area contributed by atoms with E-state index in [1.54, 1.807) is 30.0 Å². The smallest absolute Gasteiger partial charge is 0.253 e. The van der Waals surface area contributed by atoms with Crippen molar-refractivity contribution in [2.24, 2.45) is 11.8 Å². The van der Waals surface area contributed by atoms with Crippen molar-refractivity contribution in [1.29, 1.82) is 0 Å². The summed E-state index contributed by atoms with van der Waals surface area (Å²) in [6, 6.07) is 13.5. The minimum absolute atomic E-state index is 0.126. The Hall–Kier alpha value is -3.23. The molecule has 0 spiro atoms. The van der Waals surface area contributed by atoms with Crippen LogP contribution >= 0.6 is 0 Å². The molecule has 0 aromatic heterocycles. The molecule has 220 valence electrons. The second-order valence-electron chi connectivity index (χ2n) is 11.1. The van der Waals surface area contributed by atoms with Gasteiger partial charge in [0.1, 0.15) is 6.10 Å². The zero-order valence-corrected chi connectivity index (χ0v) is 24.8. The maximum Gasteiger partial charge on any atom is 0.253 e. The predicted octanol–water partition coefficient (Wildman–Crippen LogP) is 3.73. The number of amides is 3. The van der Waals surface area contributed by atoms with Crippen LogP contribution in [0.15, 0.2) is 48.5 Å². The molecule has 4 atom stereocenters. The van der Waals surface area contributed by atoms with Crippen LogP contribution in [0.4, 0.5) is 0 Å². The zero-order valence-electron chi connectivity index (χ0n) is 24.8. The van der Waals surface area contributed by atoms with E-state index in [1.165, 1.54) is 0 Å². The summed E-state index contributed by atoms with van der Waals surface area (Å²) in [5.74, 6) is -1.62. The third-order valence-electron chi connectivity index (χ3n) is 6.85. The molecular weight excluding hydrogens is 506 g/mol. The molecule has 2 aromatic rings. The summed E-state index contributed by atoms with van der Waals surface area (Å²) in [6.07, 6.45) is -0.920. The summed E-state index contributed by atoms with van der Waals surface area (Å²) in [4.78, 5) is 41.1. The third-order valence-corrected chi connectivity index (χ3v) is 6.85. The summed E-state index contributed by atoms with van der Waals surface area (Å²) in [6.45, 7) is 13.1. The Labute approximate surface area is 239 Å². The summed E-state index contributed by atoms with van der Waals surface area (Å²) in [5.41, 5.74) is 2.34. The molecule has 0 radical (unpaired) electrons. The van der Waals surface area contributed by atoms with Crippen LogP contribution in [0.2, 0.25) is 0 Å². The first-order chi connectivity index (χ1) is 19.0. The fraction of sp³-hybridized carbons (Fsp3) is 0.531. The van der Waals surface area contributed by atoms with Gasteiger partial charge in [0.05, 0.1) is 18.1 Å².